The number of ether oxygens (including phenoxy) is 1. The number of hydrogen-bond donors (Lipinski definition) is 2. The largest absolute Gasteiger partial charge is 0.508 e. The van der Waals surface area contributed by atoms with Crippen LogP contribution in [0.15, 0.2) is 59.7 Å². The van der Waals surface area contributed by atoms with Crippen molar-refractivity contribution >= 4 is 28.7 Å². The fraction of sp³-hybridized carbons (Fsp3) is 0.0556. The van der Waals surface area contributed by atoms with Crippen LogP contribution in [-0.4, -0.2) is 29.4 Å². The standard InChI is InChI=1S/C18H15N3O3S/c1-24-17(23)16-15(13-7-3-2-4-8-13)20-18(25-16)21-19-11-12-6-5-9-14(22)10-12/h2-11,22H,1H3,(H,20,21)/b19-11-. The van der Waals surface area contributed by atoms with E-state index in [4.69, 9.17) is 4.74 Å². The van der Waals surface area contributed by atoms with Crippen LogP contribution >= 0.6 is 11.3 Å². The van der Waals surface area contributed by atoms with Gasteiger partial charge in [-0.3, -0.25) is 5.43 Å². The Kier molecular flexibility index (Phi) is 5.06. The van der Waals surface area contributed by atoms with Crippen LogP contribution in [0.3, 0.4) is 0 Å². The van der Waals surface area contributed by atoms with Gasteiger partial charge < -0.3 is 9.84 Å². The number of esters is 1. The van der Waals surface area contributed by atoms with Crippen LogP contribution in [0.25, 0.3) is 11.3 Å². The van der Waals surface area contributed by atoms with Crippen molar-refractivity contribution in [1.29, 1.82) is 0 Å². The molecule has 1 aromatic heterocycles. The van der Waals surface area contributed by atoms with Crippen molar-refractivity contribution in [3.8, 4) is 17.0 Å². The molecule has 2 N–H and O–H groups in total. The maximum absolute atomic E-state index is 12.0. The van der Waals surface area contributed by atoms with E-state index in [2.05, 4.69) is 15.5 Å². The summed E-state index contributed by atoms with van der Waals surface area (Å²) >= 11 is 1.17. The molecule has 0 bridgehead atoms. The van der Waals surface area contributed by atoms with E-state index >= 15 is 0 Å². The molecule has 0 amide bonds. The minimum Gasteiger partial charge on any atom is -0.508 e. The molecule has 25 heavy (non-hydrogen) atoms. The number of carbonyl (C=O) groups excluding carboxylic acids is 1. The Bertz CT molecular complexity index is 907. The second kappa shape index (κ2) is 7.59. The number of nitrogens with zero attached hydrogens (tertiary/aromatic N) is 2. The SMILES string of the molecule is COC(=O)c1sc(N/N=C\c2cccc(O)c2)nc1-c1ccccc1. The quantitative estimate of drug-likeness (QED) is 0.415. The average molecular weight is 353 g/mol. The number of methoxy groups -OCH3 is 1. The zero-order chi connectivity index (χ0) is 17.6. The number of carbonyl (C=O) groups is 1. The van der Waals surface area contributed by atoms with Gasteiger partial charge in [0, 0.05) is 5.56 Å². The van der Waals surface area contributed by atoms with E-state index in [0.717, 1.165) is 11.1 Å². The van der Waals surface area contributed by atoms with Crippen LogP contribution in [-0.2, 0) is 4.74 Å². The number of rotatable bonds is 5. The molecule has 0 radical (unpaired) electrons. The van der Waals surface area contributed by atoms with E-state index in [1.807, 2.05) is 36.4 Å². The number of phenolic OH excluding ortho intramolecular Hbond substituents is 1. The Labute approximate surface area is 148 Å². The lowest BCUT2D eigenvalue weighted by atomic mass is 10.1. The lowest BCUT2D eigenvalue weighted by molar-refractivity contribution is 0.0607. The third kappa shape index (κ3) is 4.02. The van der Waals surface area contributed by atoms with Gasteiger partial charge >= 0.3 is 5.97 Å². The topological polar surface area (TPSA) is 83.8 Å². The summed E-state index contributed by atoms with van der Waals surface area (Å²) in [5, 5.41) is 14.0. The van der Waals surface area contributed by atoms with Crippen molar-refractivity contribution in [2.75, 3.05) is 12.5 Å². The number of anilines is 1. The molecule has 1 heterocycles. The molecule has 2 aromatic carbocycles. The summed E-state index contributed by atoms with van der Waals surface area (Å²) in [6, 6.07) is 16.1. The molecule has 0 aliphatic carbocycles. The summed E-state index contributed by atoms with van der Waals surface area (Å²) in [4.78, 5) is 16.9. The Morgan fingerprint density at radius 3 is 2.76 bits per heavy atom. The summed E-state index contributed by atoms with van der Waals surface area (Å²) < 4.78 is 4.84. The van der Waals surface area contributed by atoms with Crippen LogP contribution in [0.2, 0.25) is 0 Å². The maximum Gasteiger partial charge on any atom is 0.350 e. The Morgan fingerprint density at radius 1 is 1.24 bits per heavy atom. The number of benzene rings is 2. The molecule has 0 aliphatic heterocycles. The Morgan fingerprint density at radius 2 is 2.04 bits per heavy atom. The van der Waals surface area contributed by atoms with Crippen molar-refractivity contribution in [2.45, 2.75) is 0 Å². The molecular weight excluding hydrogens is 338 g/mol. The first-order valence-electron chi connectivity index (χ1n) is 7.40. The molecule has 7 heteroatoms. The summed E-state index contributed by atoms with van der Waals surface area (Å²) in [6.45, 7) is 0. The first kappa shape index (κ1) is 16.7. The van der Waals surface area contributed by atoms with Gasteiger partial charge in [-0.15, -0.1) is 0 Å². The Balaban J connectivity index is 1.85. The summed E-state index contributed by atoms with van der Waals surface area (Å²) in [6.07, 6.45) is 1.56. The van der Waals surface area contributed by atoms with Crippen molar-refractivity contribution in [1.82, 2.24) is 4.98 Å². The monoisotopic (exact) mass is 353 g/mol. The van der Waals surface area contributed by atoms with Crippen molar-refractivity contribution < 1.29 is 14.6 Å². The lowest BCUT2D eigenvalue weighted by Gasteiger charge is -1.99. The maximum atomic E-state index is 12.0. The van der Waals surface area contributed by atoms with E-state index in [1.54, 1.807) is 24.4 Å². The van der Waals surface area contributed by atoms with Crippen LogP contribution in [0.4, 0.5) is 5.13 Å². The number of aromatic nitrogens is 1. The molecule has 0 aliphatic rings. The van der Waals surface area contributed by atoms with Gasteiger partial charge in [0.05, 0.1) is 19.0 Å². The molecule has 0 spiro atoms. The molecule has 0 saturated heterocycles. The second-order valence-corrected chi connectivity index (χ2v) is 6.02. The Hall–Kier alpha value is -3.19. The molecular formula is C18H15N3O3S. The summed E-state index contributed by atoms with van der Waals surface area (Å²) in [5.74, 6) is -0.279. The van der Waals surface area contributed by atoms with E-state index in [-0.39, 0.29) is 5.75 Å². The van der Waals surface area contributed by atoms with Crippen LogP contribution in [0.1, 0.15) is 15.2 Å². The predicted octanol–water partition coefficient (Wildman–Crippen LogP) is 3.75. The minimum absolute atomic E-state index is 0.164. The fourth-order valence-electron chi connectivity index (χ4n) is 2.16. The molecule has 0 saturated carbocycles. The van der Waals surface area contributed by atoms with E-state index in [1.165, 1.54) is 18.4 Å². The third-order valence-corrected chi connectivity index (χ3v) is 4.23. The highest BCUT2D eigenvalue weighted by Gasteiger charge is 2.19. The van der Waals surface area contributed by atoms with Crippen LogP contribution in [0.5, 0.6) is 5.75 Å². The first-order chi connectivity index (χ1) is 12.2. The van der Waals surface area contributed by atoms with Crippen molar-refractivity contribution in [3.63, 3.8) is 0 Å². The molecule has 0 atom stereocenters. The fourth-order valence-corrected chi connectivity index (χ4v) is 3.01. The van der Waals surface area contributed by atoms with Gasteiger partial charge in [-0.2, -0.15) is 5.10 Å². The minimum atomic E-state index is -0.443. The van der Waals surface area contributed by atoms with Crippen molar-refractivity contribution in [3.05, 3.63) is 65.0 Å². The number of nitrogens with one attached hydrogen (secondary N) is 1. The van der Waals surface area contributed by atoms with Gasteiger partial charge in [0.25, 0.3) is 0 Å². The van der Waals surface area contributed by atoms with Crippen molar-refractivity contribution in [2.24, 2.45) is 5.10 Å². The van der Waals surface area contributed by atoms with Crippen LogP contribution < -0.4 is 5.43 Å². The summed E-state index contributed by atoms with van der Waals surface area (Å²) in [7, 11) is 1.34. The smallest absolute Gasteiger partial charge is 0.350 e. The van der Waals surface area contributed by atoms with Gasteiger partial charge in [-0.25, -0.2) is 9.78 Å². The number of thiazole rings is 1. The number of phenols is 1. The molecule has 0 fully saturated rings. The summed E-state index contributed by atoms with van der Waals surface area (Å²) in [5.41, 5.74) is 4.92. The highest BCUT2D eigenvalue weighted by molar-refractivity contribution is 7.17. The number of hydrazone groups is 1. The molecule has 126 valence electrons. The normalized spacial score (nSPS) is 10.8. The highest BCUT2D eigenvalue weighted by atomic mass is 32.1. The van der Waals surface area contributed by atoms with E-state index in [9.17, 15) is 9.90 Å². The predicted molar refractivity (Wildman–Crippen MR) is 98.2 cm³/mol. The van der Waals surface area contributed by atoms with E-state index < -0.39 is 5.97 Å². The van der Waals surface area contributed by atoms with Gasteiger partial charge in [-0.05, 0) is 17.7 Å². The van der Waals surface area contributed by atoms with Gasteiger partial charge in [0.2, 0.25) is 5.13 Å². The third-order valence-electron chi connectivity index (χ3n) is 3.29. The second-order valence-electron chi connectivity index (χ2n) is 5.02. The highest BCUT2D eigenvalue weighted by Crippen LogP contribution is 2.31. The van der Waals surface area contributed by atoms with Crippen LogP contribution in [0, 0.1) is 0 Å². The number of hydrogen-bond acceptors (Lipinski definition) is 7. The van der Waals surface area contributed by atoms with E-state index in [0.29, 0.717) is 15.7 Å². The van der Waals surface area contributed by atoms with Gasteiger partial charge in [0.15, 0.2) is 0 Å². The lowest BCUT2D eigenvalue weighted by Crippen LogP contribution is -2.00. The molecule has 3 rings (SSSR count). The molecule has 3 aromatic rings. The van der Waals surface area contributed by atoms with Gasteiger partial charge in [0.1, 0.15) is 10.6 Å². The van der Waals surface area contributed by atoms with Gasteiger partial charge in [-0.1, -0.05) is 53.8 Å². The average Bonchev–Trinajstić information content (AvgIpc) is 3.06. The first-order valence-corrected chi connectivity index (χ1v) is 8.21. The molecule has 6 nitrogen and oxygen atoms in total. The zero-order valence-corrected chi connectivity index (χ0v) is 14.2. The zero-order valence-electron chi connectivity index (χ0n) is 13.3. The number of aromatic hydroxyl groups is 1. The molecule has 0 unspecified atom stereocenters.